The van der Waals surface area contributed by atoms with Gasteiger partial charge >= 0.3 is 0 Å². The summed E-state index contributed by atoms with van der Waals surface area (Å²) in [6.45, 7) is 0.785. The van der Waals surface area contributed by atoms with E-state index in [4.69, 9.17) is 18.9 Å². The van der Waals surface area contributed by atoms with Crippen molar-refractivity contribution < 1.29 is 23.7 Å². The number of carbonyl (C=O) groups excluding carboxylic acids is 1. The molecule has 1 N–H and O–H groups in total. The number of hydrogen-bond donors (Lipinski definition) is 1. The third-order valence-electron chi connectivity index (χ3n) is 4.19. The highest BCUT2D eigenvalue weighted by Gasteiger charge is 2.26. The average Bonchev–Trinajstić information content (AvgIpc) is 2.70. The summed E-state index contributed by atoms with van der Waals surface area (Å²) in [7, 11) is 3.23. The molecule has 0 fully saturated rings. The predicted molar refractivity (Wildman–Crippen MR) is 97.2 cm³/mol. The maximum Gasteiger partial charge on any atom is 0.264 e. The fourth-order valence-corrected chi connectivity index (χ4v) is 2.80. The van der Waals surface area contributed by atoms with E-state index in [2.05, 4.69) is 5.32 Å². The van der Waals surface area contributed by atoms with E-state index in [-0.39, 0.29) is 12.5 Å². The van der Waals surface area contributed by atoms with Gasteiger partial charge in [-0.25, -0.2) is 0 Å². The van der Waals surface area contributed by atoms with Gasteiger partial charge in [0.2, 0.25) is 6.10 Å². The molecule has 6 heteroatoms. The van der Waals surface area contributed by atoms with Crippen molar-refractivity contribution in [3.8, 4) is 23.0 Å². The monoisotopic (exact) mass is 357 g/mol. The Balaban J connectivity index is 1.45. The van der Waals surface area contributed by atoms with Crippen LogP contribution in [0, 0.1) is 0 Å². The largest absolute Gasteiger partial charge is 0.493 e. The van der Waals surface area contributed by atoms with Crippen molar-refractivity contribution in [2.45, 2.75) is 18.9 Å². The SMILES string of the molecule is COc1ccc(CCCNC(=O)C2COc3ccccc3O2)cc1OC. The van der Waals surface area contributed by atoms with E-state index in [0.29, 0.717) is 29.5 Å². The van der Waals surface area contributed by atoms with Crippen molar-refractivity contribution in [2.24, 2.45) is 0 Å². The molecule has 138 valence electrons. The number of amides is 1. The first-order valence-electron chi connectivity index (χ1n) is 8.58. The van der Waals surface area contributed by atoms with Crippen LogP contribution in [0.2, 0.25) is 0 Å². The summed E-state index contributed by atoms with van der Waals surface area (Å²) >= 11 is 0. The Labute approximate surface area is 153 Å². The normalized spacial score (nSPS) is 15.2. The van der Waals surface area contributed by atoms with E-state index in [1.165, 1.54) is 0 Å². The summed E-state index contributed by atoms with van der Waals surface area (Å²) in [6, 6.07) is 13.2. The van der Waals surface area contributed by atoms with Gasteiger partial charge in [-0.05, 0) is 42.7 Å². The smallest absolute Gasteiger partial charge is 0.264 e. The van der Waals surface area contributed by atoms with Crippen molar-refractivity contribution in [3.63, 3.8) is 0 Å². The van der Waals surface area contributed by atoms with E-state index in [1.807, 2.05) is 36.4 Å². The number of ether oxygens (including phenoxy) is 4. The molecule has 2 aromatic carbocycles. The van der Waals surface area contributed by atoms with Crippen LogP contribution in [-0.2, 0) is 11.2 Å². The van der Waals surface area contributed by atoms with E-state index in [1.54, 1.807) is 20.3 Å². The molecule has 0 saturated heterocycles. The lowest BCUT2D eigenvalue weighted by molar-refractivity contribution is -0.130. The Morgan fingerprint density at radius 2 is 1.88 bits per heavy atom. The van der Waals surface area contributed by atoms with Crippen molar-refractivity contribution in [1.82, 2.24) is 5.32 Å². The minimum absolute atomic E-state index is 0.160. The zero-order valence-corrected chi connectivity index (χ0v) is 15.0. The molecule has 1 unspecified atom stereocenters. The number of methoxy groups -OCH3 is 2. The van der Waals surface area contributed by atoms with Gasteiger partial charge in [-0.2, -0.15) is 0 Å². The maximum absolute atomic E-state index is 12.3. The van der Waals surface area contributed by atoms with Gasteiger partial charge in [0, 0.05) is 6.54 Å². The summed E-state index contributed by atoms with van der Waals surface area (Å²) < 4.78 is 21.8. The first kappa shape index (κ1) is 17.9. The molecule has 0 spiro atoms. The topological polar surface area (TPSA) is 66.0 Å². The molecule has 1 atom stereocenters. The van der Waals surface area contributed by atoms with E-state index < -0.39 is 6.10 Å². The van der Waals surface area contributed by atoms with Crippen LogP contribution in [0.1, 0.15) is 12.0 Å². The molecule has 26 heavy (non-hydrogen) atoms. The van der Waals surface area contributed by atoms with E-state index >= 15 is 0 Å². The number of carbonyl (C=O) groups is 1. The van der Waals surface area contributed by atoms with Gasteiger partial charge in [0.05, 0.1) is 14.2 Å². The molecule has 0 bridgehead atoms. The van der Waals surface area contributed by atoms with Gasteiger partial charge in [-0.1, -0.05) is 18.2 Å². The standard InChI is InChI=1S/C20H23NO5/c1-23-15-10-9-14(12-18(15)24-2)6-5-11-21-20(22)19-13-25-16-7-3-4-8-17(16)26-19/h3-4,7-10,12,19H,5-6,11,13H2,1-2H3,(H,21,22). The third-order valence-corrected chi connectivity index (χ3v) is 4.19. The fraction of sp³-hybridized carbons (Fsp3) is 0.350. The first-order chi connectivity index (χ1) is 12.7. The third kappa shape index (κ3) is 4.20. The van der Waals surface area contributed by atoms with Gasteiger partial charge in [-0.15, -0.1) is 0 Å². The summed E-state index contributed by atoms with van der Waals surface area (Å²) in [5, 5.41) is 2.90. The second-order valence-electron chi connectivity index (χ2n) is 5.95. The summed E-state index contributed by atoms with van der Waals surface area (Å²) in [5.41, 5.74) is 1.13. The molecule has 0 aliphatic carbocycles. The molecule has 1 heterocycles. The lowest BCUT2D eigenvalue weighted by Crippen LogP contribution is -2.44. The van der Waals surface area contributed by atoms with Crippen LogP contribution in [0.4, 0.5) is 0 Å². The zero-order valence-electron chi connectivity index (χ0n) is 15.0. The van der Waals surface area contributed by atoms with Crippen LogP contribution < -0.4 is 24.3 Å². The minimum Gasteiger partial charge on any atom is -0.493 e. The Kier molecular flexibility index (Phi) is 5.84. The first-order valence-corrected chi connectivity index (χ1v) is 8.58. The number of para-hydroxylation sites is 2. The zero-order chi connectivity index (χ0) is 18.4. The van der Waals surface area contributed by atoms with Crippen molar-refractivity contribution >= 4 is 5.91 Å². The Morgan fingerprint density at radius 1 is 1.12 bits per heavy atom. The van der Waals surface area contributed by atoms with Gasteiger partial charge in [-0.3, -0.25) is 4.79 Å². The second kappa shape index (κ2) is 8.47. The Hall–Kier alpha value is -2.89. The van der Waals surface area contributed by atoms with Crippen molar-refractivity contribution in [2.75, 3.05) is 27.4 Å². The molecule has 2 aromatic rings. The lowest BCUT2D eigenvalue weighted by atomic mass is 10.1. The van der Waals surface area contributed by atoms with Crippen LogP contribution in [0.3, 0.4) is 0 Å². The quantitative estimate of drug-likeness (QED) is 0.772. The summed E-state index contributed by atoms with van der Waals surface area (Å²) in [5.74, 6) is 2.53. The van der Waals surface area contributed by atoms with Gasteiger partial charge in [0.25, 0.3) is 5.91 Å². The number of nitrogens with one attached hydrogen (secondary N) is 1. The molecule has 1 aliphatic rings. The number of hydrogen-bond acceptors (Lipinski definition) is 5. The van der Waals surface area contributed by atoms with Gasteiger partial charge < -0.3 is 24.3 Å². The fourth-order valence-electron chi connectivity index (χ4n) is 2.80. The van der Waals surface area contributed by atoms with Crippen molar-refractivity contribution in [3.05, 3.63) is 48.0 Å². The number of benzene rings is 2. The summed E-state index contributed by atoms with van der Waals surface area (Å²) in [6.07, 6.45) is 1.02. The highest BCUT2D eigenvalue weighted by molar-refractivity contribution is 5.81. The summed E-state index contributed by atoms with van der Waals surface area (Å²) in [4.78, 5) is 12.3. The molecule has 0 aromatic heterocycles. The van der Waals surface area contributed by atoms with Crippen LogP contribution >= 0.6 is 0 Å². The average molecular weight is 357 g/mol. The molecule has 0 radical (unpaired) electrons. The van der Waals surface area contributed by atoms with Crippen LogP contribution in [0.25, 0.3) is 0 Å². The van der Waals surface area contributed by atoms with Crippen LogP contribution in [0.15, 0.2) is 42.5 Å². The maximum atomic E-state index is 12.3. The van der Waals surface area contributed by atoms with E-state index in [9.17, 15) is 4.79 Å². The Morgan fingerprint density at radius 3 is 2.65 bits per heavy atom. The molecule has 0 saturated carbocycles. The number of aryl methyl sites for hydroxylation is 1. The van der Waals surface area contributed by atoms with Gasteiger partial charge in [0.15, 0.2) is 23.0 Å². The van der Waals surface area contributed by atoms with E-state index in [0.717, 1.165) is 18.4 Å². The molecule has 1 amide bonds. The molecule has 6 nitrogen and oxygen atoms in total. The van der Waals surface area contributed by atoms with Crippen molar-refractivity contribution in [1.29, 1.82) is 0 Å². The molecular formula is C20H23NO5. The number of fused-ring (bicyclic) bond motifs is 1. The predicted octanol–water partition coefficient (Wildman–Crippen LogP) is 2.59. The number of rotatable bonds is 7. The van der Waals surface area contributed by atoms with Gasteiger partial charge in [0.1, 0.15) is 6.61 Å². The highest BCUT2D eigenvalue weighted by atomic mass is 16.6. The Bertz CT molecular complexity index is 762. The second-order valence-corrected chi connectivity index (χ2v) is 5.95. The van der Waals surface area contributed by atoms with Crippen LogP contribution in [-0.4, -0.2) is 39.4 Å². The molecule has 1 aliphatic heterocycles. The minimum atomic E-state index is -0.619. The van der Waals surface area contributed by atoms with Crippen LogP contribution in [0.5, 0.6) is 23.0 Å². The lowest BCUT2D eigenvalue weighted by Gasteiger charge is -2.25. The highest BCUT2D eigenvalue weighted by Crippen LogP contribution is 2.31. The molecular weight excluding hydrogens is 334 g/mol. The molecule has 3 rings (SSSR count).